The summed E-state index contributed by atoms with van der Waals surface area (Å²) in [6, 6.07) is 0. The number of rotatable bonds is 4. The number of alkyl halides is 1. The quantitative estimate of drug-likeness (QED) is 0.666. The Balaban J connectivity index is 2.81. The number of nitrogens with zero attached hydrogens (tertiary/aromatic N) is 2. The molecule has 0 spiro atoms. The van der Waals surface area contributed by atoms with E-state index in [1.807, 2.05) is 6.92 Å². The number of imidazole rings is 1. The highest BCUT2D eigenvalue weighted by molar-refractivity contribution is 4.81. The van der Waals surface area contributed by atoms with Crippen molar-refractivity contribution in [2.24, 2.45) is 0 Å². The van der Waals surface area contributed by atoms with Crippen LogP contribution in [0.5, 0.6) is 0 Å². The molecular weight excluding hydrogens is 159 g/mol. The first-order valence-corrected chi connectivity index (χ1v) is 4.11. The van der Waals surface area contributed by atoms with Crippen molar-refractivity contribution >= 4 is 0 Å². The number of aryl methyl sites for hydroxylation is 2. The summed E-state index contributed by atoms with van der Waals surface area (Å²) in [5.41, 5.74) is -0.116. The lowest BCUT2D eigenvalue weighted by Crippen LogP contribution is -2.24. The summed E-state index contributed by atoms with van der Waals surface area (Å²) in [7, 11) is 0. The normalized spacial score (nSPS) is 10.5. The number of halogens is 1. The molecule has 4 heteroatoms. The van der Waals surface area contributed by atoms with E-state index in [1.165, 1.54) is 4.57 Å². The van der Waals surface area contributed by atoms with E-state index in [0.717, 1.165) is 6.42 Å². The van der Waals surface area contributed by atoms with Crippen molar-refractivity contribution in [3.05, 3.63) is 22.9 Å². The average molecular weight is 172 g/mol. The van der Waals surface area contributed by atoms with E-state index < -0.39 is 6.67 Å². The molecule has 0 saturated carbocycles. The molecule has 1 heterocycles. The van der Waals surface area contributed by atoms with Gasteiger partial charge in [-0.15, -0.1) is 0 Å². The lowest BCUT2D eigenvalue weighted by atomic mass is 10.5. The molecule has 1 rings (SSSR count). The molecule has 0 bridgehead atoms. The second kappa shape index (κ2) is 4.09. The standard InChI is InChI=1S/C8H13FN2O/c1-2-4-10-6-7-11(5-3-9)8(10)12/h6-7H,2-5H2,1H3. The van der Waals surface area contributed by atoms with E-state index in [0.29, 0.717) is 6.54 Å². The van der Waals surface area contributed by atoms with Gasteiger partial charge < -0.3 is 0 Å². The third-order valence-corrected chi connectivity index (χ3v) is 1.71. The van der Waals surface area contributed by atoms with E-state index >= 15 is 0 Å². The predicted molar refractivity (Wildman–Crippen MR) is 45.0 cm³/mol. The zero-order valence-electron chi connectivity index (χ0n) is 7.16. The largest absolute Gasteiger partial charge is 0.328 e. The SMILES string of the molecule is CCCn1ccn(CCF)c1=O. The fourth-order valence-corrected chi connectivity index (χ4v) is 1.13. The van der Waals surface area contributed by atoms with Gasteiger partial charge in [0.25, 0.3) is 0 Å². The summed E-state index contributed by atoms with van der Waals surface area (Å²) in [5.74, 6) is 0. The minimum Gasteiger partial charge on any atom is -0.299 e. The summed E-state index contributed by atoms with van der Waals surface area (Å²) in [4.78, 5) is 11.3. The van der Waals surface area contributed by atoms with Crippen molar-refractivity contribution < 1.29 is 4.39 Å². The minimum absolute atomic E-state index is 0.116. The summed E-state index contributed by atoms with van der Waals surface area (Å²) in [6.45, 7) is 2.38. The molecule has 0 fully saturated rings. The molecule has 0 aliphatic heterocycles. The lowest BCUT2D eigenvalue weighted by molar-refractivity contribution is 0.437. The van der Waals surface area contributed by atoms with Crippen LogP contribution in [0.2, 0.25) is 0 Å². The molecule has 0 radical (unpaired) electrons. The summed E-state index contributed by atoms with van der Waals surface area (Å²) in [5, 5.41) is 0. The van der Waals surface area contributed by atoms with Gasteiger partial charge in [0.1, 0.15) is 6.67 Å². The molecule has 68 valence electrons. The van der Waals surface area contributed by atoms with Gasteiger partial charge in [-0.3, -0.25) is 9.13 Å². The zero-order chi connectivity index (χ0) is 8.97. The minimum atomic E-state index is -0.490. The molecule has 0 saturated heterocycles. The molecule has 1 aromatic rings. The molecule has 0 aliphatic carbocycles. The van der Waals surface area contributed by atoms with Crippen LogP contribution in [0.15, 0.2) is 17.2 Å². The first kappa shape index (κ1) is 9.03. The molecule has 0 aromatic carbocycles. The molecule has 0 amide bonds. The Morgan fingerprint density at radius 1 is 1.33 bits per heavy atom. The third kappa shape index (κ3) is 1.75. The molecule has 0 aliphatic rings. The van der Waals surface area contributed by atoms with Crippen molar-refractivity contribution in [1.29, 1.82) is 0 Å². The van der Waals surface area contributed by atoms with Crippen LogP contribution in [0.3, 0.4) is 0 Å². The highest BCUT2D eigenvalue weighted by Crippen LogP contribution is 1.88. The van der Waals surface area contributed by atoms with Gasteiger partial charge in [-0.05, 0) is 6.42 Å². The number of hydrogen-bond acceptors (Lipinski definition) is 1. The zero-order valence-corrected chi connectivity index (χ0v) is 7.16. The van der Waals surface area contributed by atoms with Crippen LogP contribution in [0.4, 0.5) is 4.39 Å². The van der Waals surface area contributed by atoms with Crippen LogP contribution in [-0.2, 0) is 13.1 Å². The first-order valence-electron chi connectivity index (χ1n) is 4.11. The van der Waals surface area contributed by atoms with E-state index in [2.05, 4.69) is 0 Å². The molecule has 0 atom stereocenters. The van der Waals surface area contributed by atoms with Crippen LogP contribution in [0, 0.1) is 0 Å². The van der Waals surface area contributed by atoms with Crippen molar-refractivity contribution in [1.82, 2.24) is 9.13 Å². The summed E-state index contributed by atoms with van der Waals surface area (Å²) in [6.07, 6.45) is 4.23. The van der Waals surface area contributed by atoms with Crippen LogP contribution >= 0.6 is 0 Å². The van der Waals surface area contributed by atoms with Crippen molar-refractivity contribution in [2.45, 2.75) is 26.4 Å². The molecule has 1 aromatic heterocycles. The van der Waals surface area contributed by atoms with Gasteiger partial charge in [0, 0.05) is 18.9 Å². The van der Waals surface area contributed by atoms with E-state index in [-0.39, 0.29) is 12.2 Å². The van der Waals surface area contributed by atoms with Crippen molar-refractivity contribution in [3.8, 4) is 0 Å². The smallest absolute Gasteiger partial charge is 0.299 e. The van der Waals surface area contributed by atoms with Crippen LogP contribution in [-0.4, -0.2) is 15.8 Å². The molecule has 12 heavy (non-hydrogen) atoms. The summed E-state index contributed by atoms with van der Waals surface area (Å²) < 4.78 is 14.9. The van der Waals surface area contributed by atoms with E-state index in [1.54, 1.807) is 17.0 Å². The van der Waals surface area contributed by atoms with Crippen molar-refractivity contribution in [2.75, 3.05) is 6.67 Å². The Kier molecular flexibility index (Phi) is 3.08. The maximum absolute atomic E-state index is 11.9. The van der Waals surface area contributed by atoms with Gasteiger partial charge in [0.05, 0.1) is 6.54 Å². The van der Waals surface area contributed by atoms with Gasteiger partial charge in [0.2, 0.25) is 0 Å². The number of aromatic nitrogens is 2. The Bertz CT molecular complexity index is 263. The molecule has 0 unspecified atom stereocenters. The Hall–Kier alpha value is -1.06. The second-order valence-corrected chi connectivity index (χ2v) is 2.66. The van der Waals surface area contributed by atoms with Crippen molar-refractivity contribution in [3.63, 3.8) is 0 Å². The second-order valence-electron chi connectivity index (χ2n) is 2.66. The first-order chi connectivity index (χ1) is 5.79. The summed E-state index contributed by atoms with van der Waals surface area (Å²) >= 11 is 0. The third-order valence-electron chi connectivity index (χ3n) is 1.71. The van der Waals surface area contributed by atoms with Crippen LogP contribution < -0.4 is 5.69 Å². The van der Waals surface area contributed by atoms with E-state index in [9.17, 15) is 9.18 Å². The highest BCUT2D eigenvalue weighted by atomic mass is 19.1. The predicted octanol–water partition coefficient (Wildman–Crippen LogP) is 1.03. The van der Waals surface area contributed by atoms with Gasteiger partial charge in [-0.2, -0.15) is 0 Å². The molecular formula is C8H13FN2O. The molecule has 3 nitrogen and oxygen atoms in total. The molecule has 0 N–H and O–H groups in total. The van der Waals surface area contributed by atoms with E-state index in [4.69, 9.17) is 0 Å². The lowest BCUT2D eigenvalue weighted by Gasteiger charge is -1.96. The van der Waals surface area contributed by atoms with Gasteiger partial charge in [0.15, 0.2) is 0 Å². The Morgan fingerprint density at radius 2 is 1.92 bits per heavy atom. The van der Waals surface area contributed by atoms with Crippen LogP contribution in [0.25, 0.3) is 0 Å². The fourth-order valence-electron chi connectivity index (χ4n) is 1.13. The number of hydrogen-bond donors (Lipinski definition) is 0. The Morgan fingerprint density at radius 3 is 2.42 bits per heavy atom. The topological polar surface area (TPSA) is 26.9 Å². The van der Waals surface area contributed by atoms with Gasteiger partial charge in [-0.1, -0.05) is 6.92 Å². The fraction of sp³-hybridized carbons (Fsp3) is 0.625. The average Bonchev–Trinajstić information content (AvgIpc) is 2.38. The maximum Gasteiger partial charge on any atom is 0.328 e. The van der Waals surface area contributed by atoms with Gasteiger partial charge >= 0.3 is 5.69 Å². The maximum atomic E-state index is 11.9. The highest BCUT2D eigenvalue weighted by Gasteiger charge is 2.00. The Labute approximate surface area is 70.4 Å². The monoisotopic (exact) mass is 172 g/mol. The van der Waals surface area contributed by atoms with Crippen LogP contribution in [0.1, 0.15) is 13.3 Å². The van der Waals surface area contributed by atoms with Gasteiger partial charge in [-0.25, -0.2) is 9.18 Å².